The van der Waals surface area contributed by atoms with Crippen LogP contribution in [0.15, 0.2) is 54.2 Å². The van der Waals surface area contributed by atoms with Crippen molar-refractivity contribution in [1.29, 1.82) is 0 Å². The van der Waals surface area contributed by atoms with E-state index in [0.29, 0.717) is 6.54 Å². The fourth-order valence-corrected chi connectivity index (χ4v) is 3.44. The third-order valence-corrected chi connectivity index (χ3v) is 4.77. The van der Waals surface area contributed by atoms with Gasteiger partial charge >= 0.3 is 0 Å². The molecule has 0 radical (unpaired) electrons. The smallest absolute Gasteiger partial charge is 0.251 e. The SMILES string of the molecule is Cc1ccc(C(=O)NCC(c2cccs2)n2cccn2)c(C)c1. The zero-order valence-corrected chi connectivity index (χ0v) is 14.0. The number of amides is 1. The summed E-state index contributed by atoms with van der Waals surface area (Å²) in [7, 11) is 0. The van der Waals surface area contributed by atoms with Crippen molar-refractivity contribution in [1.82, 2.24) is 15.1 Å². The molecule has 1 atom stereocenters. The molecule has 3 aromatic rings. The maximum atomic E-state index is 12.5. The molecule has 0 saturated heterocycles. The van der Waals surface area contributed by atoms with Gasteiger partial charge in [-0.2, -0.15) is 5.10 Å². The Labute approximate surface area is 139 Å². The molecule has 0 spiro atoms. The summed E-state index contributed by atoms with van der Waals surface area (Å²) >= 11 is 1.67. The maximum Gasteiger partial charge on any atom is 0.251 e. The first-order valence-corrected chi connectivity index (χ1v) is 8.41. The highest BCUT2D eigenvalue weighted by atomic mass is 32.1. The van der Waals surface area contributed by atoms with Crippen LogP contribution in [-0.4, -0.2) is 22.2 Å². The Morgan fingerprint density at radius 1 is 1.30 bits per heavy atom. The summed E-state index contributed by atoms with van der Waals surface area (Å²) in [6.07, 6.45) is 3.68. The lowest BCUT2D eigenvalue weighted by Gasteiger charge is -2.17. The zero-order chi connectivity index (χ0) is 16.2. The van der Waals surface area contributed by atoms with Crippen molar-refractivity contribution in [3.8, 4) is 0 Å². The number of carbonyl (C=O) groups is 1. The fraction of sp³-hybridized carbons (Fsp3) is 0.222. The number of carbonyl (C=O) groups excluding carboxylic acids is 1. The summed E-state index contributed by atoms with van der Waals surface area (Å²) in [5, 5.41) is 9.41. The molecule has 1 unspecified atom stereocenters. The van der Waals surface area contributed by atoms with Gasteiger partial charge in [0.2, 0.25) is 0 Å². The van der Waals surface area contributed by atoms with E-state index in [1.54, 1.807) is 17.5 Å². The summed E-state index contributed by atoms with van der Waals surface area (Å²) in [5.74, 6) is -0.0452. The maximum absolute atomic E-state index is 12.5. The van der Waals surface area contributed by atoms with Gasteiger partial charge in [0, 0.05) is 29.4 Å². The molecule has 3 rings (SSSR count). The molecular formula is C18H19N3OS. The molecule has 0 bridgehead atoms. The van der Waals surface area contributed by atoms with Crippen molar-refractivity contribution in [2.45, 2.75) is 19.9 Å². The summed E-state index contributed by atoms with van der Waals surface area (Å²) < 4.78 is 1.88. The molecular weight excluding hydrogens is 306 g/mol. The minimum Gasteiger partial charge on any atom is -0.349 e. The molecule has 0 aliphatic heterocycles. The number of nitrogens with one attached hydrogen (secondary N) is 1. The number of nitrogens with zero attached hydrogens (tertiary/aromatic N) is 2. The van der Waals surface area contributed by atoms with E-state index < -0.39 is 0 Å². The molecule has 5 heteroatoms. The molecule has 0 fully saturated rings. The van der Waals surface area contributed by atoms with Crippen molar-refractivity contribution < 1.29 is 4.79 Å². The first-order chi connectivity index (χ1) is 11.1. The summed E-state index contributed by atoms with van der Waals surface area (Å²) in [4.78, 5) is 13.7. The van der Waals surface area contributed by atoms with Gasteiger partial charge < -0.3 is 5.32 Å². The quantitative estimate of drug-likeness (QED) is 0.779. The van der Waals surface area contributed by atoms with Crippen LogP contribution in [0.1, 0.15) is 32.4 Å². The number of benzene rings is 1. The van der Waals surface area contributed by atoms with Crippen molar-refractivity contribution in [3.05, 3.63) is 75.7 Å². The molecule has 118 valence electrons. The van der Waals surface area contributed by atoms with E-state index >= 15 is 0 Å². The highest BCUT2D eigenvalue weighted by molar-refractivity contribution is 7.10. The first kappa shape index (κ1) is 15.5. The van der Waals surface area contributed by atoms with Crippen LogP contribution in [0.3, 0.4) is 0 Å². The summed E-state index contributed by atoms with van der Waals surface area (Å²) in [6, 6.07) is 11.9. The second-order valence-corrected chi connectivity index (χ2v) is 6.52. The minimum absolute atomic E-state index is 0.0136. The lowest BCUT2D eigenvalue weighted by molar-refractivity contribution is 0.0949. The Morgan fingerprint density at radius 2 is 2.17 bits per heavy atom. The molecule has 0 aliphatic carbocycles. The van der Waals surface area contributed by atoms with Gasteiger partial charge in [-0.25, -0.2) is 0 Å². The highest BCUT2D eigenvalue weighted by Crippen LogP contribution is 2.22. The number of rotatable bonds is 5. The van der Waals surface area contributed by atoms with Crippen molar-refractivity contribution in [2.75, 3.05) is 6.54 Å². The van der Waals surface area contributed by atoms with Gasteiger partial charge in [0.1, 0.15) is 6.04 Å². The van der Waals surface area contributed by atoms with Crippen LogP contribution in [-0.2, 0) is 0 Å². The average molecular weight is 325 g/mol. The Morgan fingerprint density at radius 3 is 2.83 bits per heavy atom. The molecule has 4 nitrogen and oxygen atoms in total. The minimum atomic E-state index is -0.0452. The average Bonchev–Trinajstić information content (AvgIpc) is 3.21. The lowest BCUT2D eigenvalue weighted by Crippen LogP contribution is -2.31. The summed E-state index contributed by atoms with van der Waals surface area (Å²) in [5.41, 5.74) is 2.88. The lowest BCUT2D eigenvalue weighted by atomic mass is 10.1. The standard InChI is InChI=1S/C18H19N3OS/c1-13-6-7-15(14(2)11-13)18(22)19-12-16(17-5-3-10-23-17)21-9-4-8-20-21/h3-11,16H,12H2,1-2H3,(H,19,22). The second-order valence-electron chi connectivity index (χ2n) is 5.55. The third kappa shape index (κ3) is 3.51. The molecule has 1 aromatic carbocycles. The van der Waals surface area contributed by atoms with Crippen molar-refractivity contribution in [2.24, 2.45) is 0 Å². The van der Waals surface area contributed by atoms with Gasteiger partial charge in [-0.15, -0.1) is 11.3 Å². The third-order valence-electron chi connectivity index (χ3n) is 3.80. The number of aryl methyl sites for hydroxylation is 2. The van der Waals surface area contributed by atoms with E-state index in [1.807, 2.05) is 60.4 Å². The Kier molecular flexibility index (Phi) is 4.57. The molecule has 1 amide bonds. The van der Waals surface area contributed by atoms with Gasteiger partial charge in [-0.05, 0) is 43.0 Å². The van der Waals surface area contributed by atoms with Gasteiger partial charge in [-0.3, -0.25) is 9.48 Å². The van der Waals surface area contributed by atoms with Crippen LogP contribution in [0.4, 0.5) is 0 Å². The molecule has 0 aliphatic rings. The topological polar surface area (TPSA) is 46.9 Å². The van der Waals surface area contributed by atoms with Crippen LogP contribution in [0, 0.1) is 13.8 Å². The first-order valence-electron chi connectivity index (χ1n) is 7.53. The molecule has 2 heterocycles. The van der Waals surface area contributed by atoms with E-state index in [0.717, 1.165) is 16.7 Å². The zero-order valence-electron chi connectivity index (χ0n) is 13.2. The van der Waals surface area contributed by atoms with Gasteiger partial charge in [0.05, 0.1) is 0 Å². The van der Waals surface area contributed by atoms with Gasteiger partial charge in [-0.1, -0.05) is 23.8 Å². The van der Waals surface area contributed by atoms with Crippen molar-refractivity contribution >= 4 is 17.2 Å². The predicted molar refractivity (Wildman–Crippen MR) is 92.9 cm³/mol. The van der Waals surface area contributed by atoms with E-state index in [2.05, 4.69) is 16.5 Å². The van der Waals surface area contributed by atoms with Crippen LogP contribution in [0.5, 0.6) is 0 Å². The Bertz CT molecular complexity index is 744. The molecule has 23 heavy (non-hydrogen) atoms. The number of hydrogen-bond acceptors (Lipinski definition) is 3. The van der Waals surface area contributed by atoms with Crippen LogP contribution < -0.4 is 5.32 Å². The normalized spacial score (nSPS) is 12.1. The highest BCUT2D eigenvalue weighted by Gasteiger charge is 2.17. The van der Waals surface area contributed by atoms with Crippen LogP contribution in [0.2, 0.25) is 0 Å². The monoisotopic (exact) mass is 325 g/mol. The van der Waals surface area contributed by atoms with E-state index in [9.17, 15) is 4.79 Å². The van der Waals surface area contributed by atoms with Crippen LogP contribution >= 0.6 is 11.3 Å². The summed E-state index contributed by atoms with van der Waals surface area (Å²) in [6.45, 7) is 4.50. The van der Waals surface area contributed by atoms with Gasteiger partial charge in [0.15, 0.2) is 0 Å². The number of thiophene rings is 1. The van der Waals surface area contributed by atoms with Gasteiger partial charge in [0.25, 0.3) is 5.91 Å². The van der Waals surface area contributed by atoms with Crippen LogP contribution in [0.25, 0.3) is 0 Å². The van der Waals surface area contributed by atoms with E-state index in [4.69, 9.17) is 0 Å². The molecule has 1 N–H and O–H groups in total. The number of hydrogen-bond donors (Lipinski definition) is 1. The predicted octanol–water partition coefficient (Wildman–Crippen LogP) is 3.58. The number of aromatic nitrogens is 2. The Hall–Kier alpha value is -2.40. The van der Waals surface area contributed by atoms with E-state index in [-0.39, 0.29) is 11.9 Å². The fourth-order valence-electron chi connectivity index (χ4n) is 2.62. The molecule has 0 saturated carbocycles. The molecule has 2 aromatic heterocycles. The van der Waals surface area contributed by atoms with Crippen molar-refractivity contribution in [3.63, 3.8) is 0 Å². The van der Waals surface area contributed by atoms with E-state index in [1.165, 1.54) is 4.88 Å². The Balaban J connectivity index is 1.75. The largest absolute Gasteiger partial charge is 0.349 e. The second kappa shape index (κ2) is 6.79.